The number of rotatable bonds is 2. The third kappa shape index (κ3) is 3.67. The van der Waals surface area contributed by atoms with Crippen molar-refractivity contribution < 1.29 is 22.5 Å². The van der Waals surface area contributed by atoms with E-state index in [1.54, 1.807) is 6.07 Å². The summed E-state index contributed by atoms with van der Waals surface area (Å²) in [4.78, 5) is 2.02. The van der Waals surface area contributed by atoms with Gasteiger partial charge in [0.1, 0.15) is 0 Å². The maximum absolute atomic E-state index is 13.4. The molecule has 2 fully saturated rings. The van der Waals surface area contributed by atoms with E-state index in [0.717, 1.165) is 38.4 Å². The highest BCUT2D eigenvalue weighted by Gasteiger charge is 2.52. The summed E-state index contributed by atoms with van der Waals surface area (Å²) >= 11 is 0. The van der Waals surface area contributed by atoms with Crippen LogP contribution in [0, 0.1) is 0 Å². The first-order chi connectivity index (χ1) is 11.5. The first-order valence-corrected chi connectivity index (χ1v) is 8.82. The number of halogens is 3. The Balaban J connectivity index is 1.98. The molecule has 2 aliphatic rings. The van der Waals surface area contributed by atoms with Gasteiger partial charge in [-0.3, -0.25) is 0 Å². The van der Waals surface area contributed by atoms with Gasteiger partial charge in [-0.2, -0.15) is 13.2 Å². The van der Waals surface area contributed by atoms with Crippen LogP contribution in [-0.4, -0.2) is 31.4 Å². The van der Waals surface area contributed by atoms with Crippen molar-refractivity contribution in [2.45, 2.75) is 64.3 Å². The Morgan fingerprint density at radius 3 is 2.00 bits per heavy atom. The molecule has 0 saturated carbocycles. The average molecular weight is 355 g/mol. The fourth-order valence-electron chi connectivity index (χ4n) is 3.25. The second kappa shape index (κ2) is 6.20. The summed E-state index contributed by atoms with van der Waals surface area (Å²) in [7, 11) is -0.796. The van der Waals surface area contributed by atoms with Gasteiger partial charge in [0, 0.05) is 18.8 Å². The first-order valence-electron chi connectivity index (χ1n) is 8.82. The zero-order valence-corrected chi connectivity index (χ0v) is 15.2. The molecule has 0 unspecified atom stereocenters. The van der Waals surface area contributed by atoms with E-state index in [0.29, 0.717) is 11.2 Å². The molecule has 0 amide bonds. The van der Waals surface area contributed by atoms with Crippen LogP contribution in [0.4, 0.5) is 18.9 Å². The third-order valence-corrected chi connectivity index (χ3v) is 5.51. The van der Waals surface area contributed by atoms with E-state index in [4.69, 9.17) is 9.31 Å². The number of nitrogens with zero attached hydrogens (tertiary/aromatic N) is 1. The summed E-state index contributed by atoms with van der Waals surface area (Å²) in [6, 6.07) is 4.17. The van der Waals surface area contributed by atoms with Crippen molar-refractivity contribution in [3.8, 4) is 0 Å². The van der Waals surface area contributed by atoms with Gasteiger partial charge in [0.25, 0.3) is 0 Å². The smallest absolute Gasteiger partial charge is 0.399 e. The minimum atomic E-state index is -4.40. The topological polar surface area (TPSA) is 21.7 Å². The summed E-state index contributed by atoms with van der Waals surface area (Å²) in [5, 5.41) is 0. The largest absolute Gasteiger partial charge is 0.494 e. The molecule has 138 valence electrons. The molecule has 0 bridgehead atoms. The number of hydrogen-bond acceptors (Lipinski definition) is 3. The highest BCUT2D eigenvalue weighted by Crippen LogP contribution is 2.38. The Bertz CT molecular complexity index is 624. The van der Waals surface area contributed by atoms with Gasteiger partial charge in [0.15, 0.2) is 0 Å². The molecule has 2 heterocycles. The number of benzene rings is 1. The molecule has 25 heavy (non-hydrogen) atoms. The van der Waals surface area contributed by atoms with E-state index in [2.05, 4.69) is 0 Å². The van der Waals surface area contributed by atoms with Gasteiger partial charge in [-0.05, 0) is 64.6 Å². The minimum absolute atomic E-state index is 0.425. The maximum Gasteiger partial charge on any atom is 0.494 e. The highest BCUT2D eigenvalue weighted by molar-refractivity contribution is 6.62. The minimum Gasteiger partial charge on any atom is -0.399 e. The molecule has 7 heteroatoms. The predicted molar refractivity (Wildman–Crippen MR) is 93.2 cm³/mol. The summed E-state index contributed by atoms with van der Waals surface area (Å²) in [5.41, 5.74) is -0.803. The molecule has 0 atom stereocenters. The van der Waals surface area contributed by atoms with Crippen molar-refractivity contribution in [2.75, 3.05) is 18.0 Å². The van der Waals surface area contributed by atoms with E-state index in [1.165, 1.54) is 6.07 Å². The van der Waals surface area contributed by atoms with Crippen molar-refractivity contribution in [3.63, 3.8) is 0 Å². The molecule has 2 aliphatic heterocycles. The van der Waals surface area contributed by atoms with Crippen LogP contribution in [0.1, 0.15) is 52.5 Å². The van der Waals surface area contributed by atoms with E-state index in [1.807, 2.05) is 32.6 Å². The quantitative estimate of drug-likeness (QED) is 0.749. The van der Waals surface area contributed by atoms with Gasteiger partial charge < -0.3 is 14.2 Å². The first kappa shape index (κ1) is 18.6. The number of piperidine rings is 1. The fraction of sp³-hybridized carbons (Fsp3) is 0.667. The van der Waals surface area contributed by atoms with Crippen LogP contribution in [-0.2, 0) is 15.5 Å². The molecule has 1 aromatic rings. The van der Waals surface area contributed by atoms with Gasteiger partial charge >= 0.3 is 13.3 Å². The van der Waals surface area contributed by atoms with Crippen molar-refractivity contribution in [3.05, 3.63) is 23.8 Å². The molecule has 3 nitrogen and oxygen atoms in total. The van der Waals surface area contributed by atoms with Crippen LogP contribution >= 0.6 is 0 Å². The van der Waals surface area contributed by atoms with Crippen LogP contribution in [0.3, 0.4) is 0 Å². The zero-order chi connectivity index (χ0) is 18.5. The van der Waals surface area contributed by atoms with E-state index < -0.39 is 30.1 Å². The third-order valence-electron chi connectivity index (χ3n) is 5.51. The SMILES string of the molecule is CC1(C)OB(c2cc(N3CCCCC3)cc(C(F)(F)F)c2)OC1(C)C. The summed E-state index contributed by atoms with van der Waals surface area (Å²) in [5.74, 6) is 0. The van der Waals surface area contributed by atoms with E-state index in [-0.39, 0.29) is 0 Å². The van der Waals surface area contributed by atoms with Gasteiger partial charge in [-0.1, -0.05) is 6.07 Å². The Morgan fingerprint density at radius 1 is 0.920 bits per heavy atom. The molecule has 2 saturated heterocycles. The van der Waals surface area contributed by atoms with Crippen molar-refractivity contribution in [1.29, 1.82) is 0 Å². The Hall–Kier alpha value is -1.21. The monoisotopic (exact) mass is 355 g/mol. The summed E-state index contributed by atoms with van der Waals surface area (Å²) in [6.07, 6.45) is -1.27. The molecule has 3 rings (SSSR count). The maximum atomic E-state index is 13.4. The lowest BCUT2D eigenvalue weighted by atomic mass is 9.78. The number of alkyl halides is 3. The Kier molecular flexibility index (Phi) is 4.61. The second-order valence-electron chi connectivity index (χ2n) is 7.95. The Labute approximate surface area is 147 Å². The molecule has 0 aliphatic carbocycles. The lowest BCUT2D eigenvalue weighted by molar-refractivity contribution is -0.137. The number of hydrogen-bond donors (Lipinski definition) is 0. The highest BCUT2D eigenvalue weighted by atomic mass is 19.4. The van der Waals surface area contributed by atoms with E-state index >= 15 is 0 Å². The van der Waals surface area contributed by atoms with Gasteiger partial charge in [0.05, 0.1) is 16.8 Å². The van der Waals surface area contributed by atoms with Crippen LogP contribution in [0.15, 0.2) is 18.2 Å². The van der Waals surface area contributed by atoms with Crippen LogP contribution < -0.4 is 10.4 Å². The second-order valence-corrected chi connectivity index (χ2v) is 7.95. The summed E-state index contributed by atoms with van der Waals surface area (Å²) < 4.78 is 52.1. The van der Waals surface area contributed by atoms with Crippen LogP contribution in [0.5, 0.6) is 0 Å². The van der Waals surface area contributed by atoms with Crippen LogP contribution in [0.25, 0.3) is 0 Å². The number of anilines is 1. The lowest BCUT2D eigenvalue weighted by Crippen LogP contribution is -2.41. The van der Waals surface area contributed by atoms with Gasteiger partial charge in [-0.25, -0.2) is 0 Å². The normalized spacial score (nSPS) is 23.2. The van der Waals surface area contributed by atoms with Crippen molar-refractivity contribution >= 4 is 18.3 Å². The lowest BCUT2D eigenvalue weighted by Gasteiger charge is -2.32. The molecule has 0 N–H and O–H groups in total. The molecule has 1 aromatic carbocycles. The molecular formula is C18H25BF3NO2. The van der Waals surface area contributed by atoms with Crippen molar-refractivity contribution in [2.24, 2.45) is 0 Å². The fourth-order valence-corrected chi connectivity index (χ4v) is 3.25. The average Bonchev–Trinajstić information content (AvgIpc) is 2.75. The zero-order valence-electron chi connectivity index (χ0n) is 15.2. The van der Waals surface area contributed by atoms with Gasteiger partial charge in [0.2, 0.25) is 0 Å². The standard InChI is InChI=1S/C18H25BF3NO2/c1-16(2)17(3,4)25-19(24-16)14-10-13(18(20,21)22)11-15(12-14)23-8-6-5-7-9-23/h10-12H,5-9H2,1-4H3. The molecule has 0 radical (unpaired) electrons. The molecular weight excluding hydrogens is 330 g/mol. The molecule has 0 spiro atoms. The van der Waals surface area contributed by atoms with Gasteiger partial charge in [-0.15, -0.1) is 0 Å². The van der Waals surface area contributed by atoms with E-state index in [9.17, 15) is 13.2 Å². The van der Waals surface area contributed by atoms with Crippen LogP contribution in [0.2, 0.25) is 0 Å². The Morgan fingerprint density at radius 2 is 1.48 bits per heavy atom. The van der Waals surface area contributed by atoms with Crippen molar-refractivity contribution in [1.82, 2.24) is 0 Å². The summed E-state index contributed by atoms with van der Waals surface area (Å²) in [6.45, 7) is 9.14. The molecule has 0 aromatic heterocycles. The predicted octanol–water partition coefficient (Wildman–Crippen LogP) is 3.99.